The minimum atomic E-state index is -0.521. The second-order valence-electron chi connectivity index (χ2n) is 4.06. The molecule has 0 aliphatic carbocycles. The minimum absolute atomic E-state index is 0.101. The number of nitrogens with one attached hydrogen (secondary N) is 1. The summed E-state index contributed by atoms with van der Waals surface area (Å²) in [7, 11) is 0. The Morgan fingerprint density at radius 2 is 2.20 bits per heavy atom. The fourth-order valence-electron chi connectivity index (χ4n) is 1.62. The van der Waals surface area contributed by atoms with Gasteiger partial charge in [-0.3, -0.25) is 10.2 Å². The van der Waals surface area contributed by atoms with Crippen molar-refractivity contribution in [3.63, 3.8) is 0 Å². The summed E-state index contributed by atoms with van der Waals surface area (Å²) in [6.45, 7) is 1.86. The molecule has 2 aromatic rings. The second kappa shape index (κ2) is 6.06. The molecular weight excluding hydrogens is 331 g/mol. The minimum Gasteiger partial charge on any atom is -0.489 e. The van der Waals surface area contributed by atoms with E-state index in [2.05, 4.69) is 15.9 Å². The number of nitrogens with two attached hydrogens (primary N) is 1. The number of carbonyl (C=O) groups is 1. The molecule has 1 aromatic heterocycles. The molecule has 0 bridgehead atoms. The Bertz CT molecular complexity index is 622. The zero-order valence-electron chi connectivity index (χ0n) is 10.6. The standard InChI is InChI=1S/C13H12BrFN2O3/c1-7-8(2-12(20-7)13(18)17-16)6-19-11-4-9(14)3-10(15)5-11/h2-5H,6,16H2,1H3,(H,17,18). The number of benzene rings is 1. The number of rotatable bonds is 4. The van der Waals surface area contributed by atoms with Crippen LogP contribution in [0.5, 0.6) is 5.75 Å². The third-order valence-corrected chi connectivity index (χ3v) is 3.06. The van der Waals surface area contributed by atoms with Gasteiger partial charge in [-0.2, -0.15) is 0 Å². The van der Waals surface area contributed by atoms with E-state index < -0.39 is 11.7 Å². The number of hydrazine groups is 1. The van der Waals surface area contributed by atoms with Crippen LogP contribution in [-0.4, -0.2) is 5.91 Å². The molecule has 2 rings (SSSR count). The normalized spacial score (nSPS) is 10.4. The smallest absolute Gasteiger partial charge is 0.300 e. The molecule has 0 saturated carbocycles. The molecule has 0 unspecified atom stereocenters. The molecule has 0 saturated heterocycles. The third kappa shape index (κ3) is 3.37. The van der Waals surface area contributed by atoms with Crippen molar-refractivity contribution in [1.82, 2.24) is 5.43 Å². The zero-order valence-corrected chi connectivity index (χ0v) is 12.2. The van der Waals surface area contributed by atoms with Crippen LogP contribution >= 0.6 is 15.9 Å². The van der Waals surface area contributed by atoms with Gasteiger partial charge in [-0.1, -0.05) is 15.9 Å². The summed E-state index contributed by atoms with van der Waals surface area (Å²) in [5.41, 5.74) is 2.67. The lowest BCUT2D eigenvalue weighted by Crippen LogP contribution is -2.29. The molecule has 0 fully saturated rings. The van der Waals surface area contributed by atoms with Crippen molar-refractivity contribution in [2.24, 2.45) is 5.84 Å². The summed E-state index contributed by atoms with van der Waals surface area (Å²) in [5, 5.41) is 0. The second-order valence-corrected chi connectivity index (χ2v) is 4.98. The third-order valence-electron chi connectivity index (χ3n) is 2.61. The van der Waals surface area contributed by atoms with Crippen molar-refractivity contribution >= 4 is 21.8 Å². The first-order chi connectivity index (χ1) is 9.49. The lowest BCUT2D eigenvalue weighted by atomic mass is 10.2. The molecular formula is C13H12BrFN2O3. The maximum atomic E-state index is 13.2. The van der Waals surface area contributed by atoms with Crippen LogP contribution in [0.25, 0.3) is 0 Å². The number of hydrogen-bond acceptors (Lipinski definition) is 4. The van der Waals surface area contributed by atoms with Gasteiger partial charge in [-0.25, -0.2) is 10.2 Å². The Labute approximate surface area is 123 Å². The molecule has 1 aromatic carbocycles. The fraction of sp³-hybridized carbons (Fsp3) is 0.154. The Morgan fingerprint density at radius 3 is 2.85 bits per heavy atom. The van der Waals surface area contributed by atoms with Crippen molar-refractivity contribution < 1.29 is 18.3 Å². The van der Waals surface area contributed by atoms with Gasteiger partial charge in [0.15, 0.2) is 5.76 Å². The molecule has 106 valence electrons. The summed E-state index contributed by atoms with van der Waals surface area (Å²) in [6, 6.07) is 5.78. The SMILES string of the molecule is Cc1oc(C(=O)NN)cc1COc1cc(F)cc(Br)c1. The molecule has 0 aliphatic rings. The highest BCUT2D eigenvalue weighted by Crippen LogP contribution is 2.23. The Kier molecular flexibility index (Phi) is 4.41. The van der Waals surface area contributed by atoms with E-state index in [0.29, 0.717) is 21.5 Å². The maximum Gasteiger partial charge on any atom is 0.300 e. The largest absolute Gasteiger partial charge is 0.489 e. The average Bonchev–Trinajstić information content (AvgIpc) is 2.76. The quantitative estimate of drug-likeness (QED) is 0.508. The van der Waals surface area contributed by atoms with Gasteiger partial charge < -0.3 is 9.15 Å². The lowest BCUT2D eigenvalue weighted by Gasteiger charge is -2.05. The van der Waals surface area contributed by atoms with E-state index in [-0.39, 0.29) is 12.4 Å². The van der Waals surface area contributed by atoms with Crippen LogP contribution in [0.4, 0.5) is 4.39 Å². The van der Waals surface area contributed by atoms with Gasteiger partial charge in [0.25, 0.3) is 0 Å². The number of nitrogen functional groups attached to an aromatic ring is 1. The summed E-state index contributed by atoms with van der Waals surface area (Å²) >= 11 is 3.18. The summed E-state index contributed by atoms with van der Waals surface area (Å²) < 4.78 is 24.5. The monoisotopic (exact) mass is 342 g/mol. The number of carbonyl (C=O) groups excluding carboxylic acids is 1. The highest BCUT2D eigenvalue weighted by molar-refractivity contribution is 9.10. The highest BCUT2D eigenvalue weighted by atomic mass is 79.9. The van der Waals surface area contributed by atoms with E-state index in [1.807, 2.05) is 5.43 Å². The summed E-state index contributed by atoms with van der Waals surface area (Å²) in [5.74, 6) is 5.12. The van der Waals surface area contributed by atoms with E-state index in [1.54, 1.807) is 13.0 Å². The number of hydrogen-bond donors (Lipinski definition) is 2. The Balaban J connectivity index is 2.10. The maximum absolute atomic E-state index is 13.2. The van der Waals surface area contributed by atoms with Crippen molar-refractivity contribution in [3.8, 4) is 5.75 Å². The topological polar surface area (TPSA) is 77.5 Å². The van der Waals surface area contributed by atoms with Gasteiger partial charge >= 0.3 is 5.91 Å². The van der Waals surface area contributed by atoms with Gasteiger partial charge in [0.05, 0.1) is 0 Å². The van der Waals surface area contributed by atoms with Crippen LogP contribution in [0, 0.1) is 12.7 Å². The molecule has 1 heterocycles. The fourth-order valence-corrected chi connectivity index (χ4v) is 2.06. The molecule has 1 amide bonds. The first-order valence-corrected chi connectivity index (χ1v) is 6.48. The van der Waals surface area contributed by atoms with Crippen LogP contribution in [0.1, 0.15) is 21.9 Å². The molecule has 5 nitrogen and oxygen atoms in total. The number of amides is 1. The van der Waals surface area contributed by atoms with Gasteiger partial charge in [0.2, 0.25) is 0 Å². The van der Waals surface area contributed by atoms with Crippen LogP contribution in [0.3, 0.4) is 0 Å². The van der Waals surface area contributed by atoms with Gasteiger partial charge in [-0.05, 0) is 25.1 Å². The highest BCUT2D eigenvalue weighted by Gasteiger charge is 2.14. The van der Waals surface area contributed by atoms with Crippen LogP contribution in [0.2, 0.25) is 0 Å². The molecule has 20 heavy (non-hydrogen) atoms. The first-order valence-electron chi connectivity index (χ1n) is 5.68. The number of ether oxygens (including phenoxy) is 1. The van der Waals surface area contributed by atoms with E-state index in [9.17, 15) is 9.18 Å². The van der Waals surface area contributed by atoms with E-state index in [4.69, 9.17) is 15.0 Å². The van der Waals surface area contributed by atoms with E-state index in [0.717, 1.165) is 0 Å². The lowest BCUT2D eigenvalue weighted by molar-refractivity contribution is 0.0924. The van der Waals surface area contributed by atoms with E-state index in [1.165, 1.54) is 18.2 Å². The Morgan fingerprint density at radius 1 is 1.45 bits per heavy atom. The first kappa shape index (κ1) is 14.5. The number of halogens is 2. The van der Waals surface area contributed by atoms with Gasteiger partial charge in [-0.15, -0.1) is 0 Å². The summed E-state index contributed by atoms with van der Waals surface area (Å²) in [4.78, 5) is 11.3. The van der Waals surface area contributed by atoms with Gasteiger partial charge in [0, 0.05) is 16.1 Å². The van der Waals surface area contributed by atoms with Crippen molar-refractivity contribution in [2.45, 2.75) is 13.5 Å². The number of furan rings is 1. The molecule has 3 N–H and O–H groups in total. The van der Waals surface area contributed by atoms with E-state index >= 15 is 0 Å². The van der Waals surface area contributed by atoms with Crippen LogP contribution in [0.15, 0.2) is 33.2 Å². The molecule has 0 radical (unpaired) electrons. The predicted molar refractivity (Wildman–Crippen MR) is 73.5 cm³/mol. The molecule has 0 spiro atoms. The van der Waals surface area contributed by atoms with Crippen LogP contribution in [-0.2, 0) is 6.61 Å². The zero-order chi connectivity index (χ0) is 14.7. The molecule has 7 heteroatoms. The molecule has 0 atom stereocenters. The number of aryl methyl sites for hydroxylation is 1. The van der Waals surface area contributed by atoms with Crippen molar-refractivity contribution in [2.75, 3.05) is 0 Å². The van der Waals surface area contributed by atoms with Crippen molar-refractivity contribution in [1.29, 1.82) is 0 Å². The average molecular weight is 343 g/mol. The van der Waals surface area contributed by atoms with Crippen molar-refractivity contribution in [3.05, 3.63) is 51.6 Å². The summed E-state index contributed by atoms with van der Waals surface area (Å²) in [6.07, 6.45) is 0. The Hall–Kier alpha value is -1.86. The van der Waals surface area contributed by atoms with Crippen LogP contribution < -0.4 is 16.0 Å². The van der Waals surface area contributed by atoms with Gasteiger partial charge in [0.1, 0.15) is 23.9 Å². The molecule has 0 aliphatic heterocycles. The predicted octanol–water partition coefficient (Wildman–Crippen LogP) is 2.67.